The van der Waals surface area contributed by atoms with Gasteiger partial charge in [0.1, 0.15) is 5.75 Å². The summed E-state index contributed by atoms with van der Waals surface area (Å²) in [5.74, 6) is -0.296. The molecule has 1 heterocycles. The summed E-state index contributed by atoms with van der Waals surface area (Å²) in [6.45, 7) is 1.07. The molecule has 0 atom stereocenters. The van der Waals surface area contributed by atoms with Gasteiger partial charge in [0, 0.05) is 11.6 Å². The van der Waals surface area contributed by atoms with Crippen LogP contribution in [0.2, 0.25) is 5.02 Å². The van der Waals surface area contributed by atoms with Gasteiger partial charge >= 0.3 is 6.18 Å². The van der Waals surface area contributed by atoms with E-state index in [0.29, 0.717) is 6.20 Å². The molecule has 1 aromatic heterocycles. The van der Waals surface area contributed by atoms with Crippen LogP contribution in [0.25, 0.3) is 5.69 Å². The Labute approximate surface area is 116 Å². The molecular formula is C12H8ClF3N2O2. The number of nitrogens with zero attached hydrogens (tertiary/aromatic N) is 2. The van der Waals surface area contributed by atoms with Crippen molar-refractivity contribution < 1.29 is 18.3 Å². The molecule has 0 bridgehead atoms. The molecule has 4 nitrogen and oxygen atoms in total. The first-order valence-electron chi connectivity index (χ1n) is 5.37. The Morgan fingerprint density at radius 3 is 2.55 bits per heavy atom. The van der Waals surface area contributed by atoms with Crippen LogP contribution in [-0.2, 0) is 6.18 Å². The Morgan fingerprint density at radius 2 is 2.00 bits per heavy atom. The molecule has 2 aromatic rings. The standard InChI is InChI=1S/C12H8ClF3N2O2/c1-6-8(12(14,15)16)5-17-18(11(6)20)7-2-3-9(13)10(19)4-7/h2-5,19H,1H3. The molecule has 0 aliphatic heterocycles. The first-order valence-corrected chi connectivity index (χ1v) is 5.74. The zero-order valence-corrected chi connectivity index (χ0v) is 10.8. The second kappa shape index (κ2) is 4.82. The normalized spacial score (nSPS) is 11.7. The van der Waals surface area contributed by atoms with Gasteiger partial charge in [0.2, 0.25) is 0 Å². The zero-order valence-electron chi connectivity index (χ0n) is 10.1. The van der Waals surface area contributed by atoms with E-state index in [0.717, 1.165) is 17.7 Å². The molecular weight excluding hydrogens is 297 g/mol. The van der Waals surface area contributed by atoms with Crippen molar-refractivity contribution in [2.24, 2.45) is 0 Å². The molecule has 0 unspecified atom stereocenters. The number of rotatable bonds is 1. The predicted molar refractivity (Wildman–Crippen MR) is 66.2 cm³/mol. The molecule has 20 heavy (non-hydrogen) atoms. The lowest BCUT2D eigenvalue weighted by atomic mass is 10.2. The monoisotopic (exact) mass is 304 g/mol. The van der Waals surface area contributed by atoms with E-state index in [9.17, 15) is 23.1 Å². The van der Waals surface area contributed by atoms with Crippen molar-refractivity contribution in [3.63, 3.8) is 0 Å². The van der Waals surface area contributed by atoms with Crippen LogP contribution in [0, 0.1) is 6.92 Å². The third kappa shape index (κ3) is 2.49. The molecule has 0 radical (unpaired) electrons. The first-order chi connectivity index (χ1) is 9.21. The number of halogens is 4. The number of aromatic nitrogens is 2. The molecule has 1 aromatic carbocycles. The van der Waals surface area contributed by atoms with Crippen LogP contribution in [0.5, 0.6) is 5.75 Å². The number of alkyl halides is 3. The Kier molecular flexibility index (Phi) is 3.47. The molecule has 0 amide bonds. The molecule has 8 heteroatoms. The van der Waals surface area contributed by atoms with Gasteiger partial charge < -0.3 is 5.11 Å². The SMILES string of the molecule is Cc1c(C(F)(F)F)cnn(-c2ccc(Cl)c(O)c2)c1=O. The summed E-state index contributed by atoms with van der Waals surface area (Å²) in [6.07, 6.45) is -4.07. The van der Waals surface area contributed by atoms with Gasteiger partial charge in [0.25, 0.3) is 5.56 Å². The van der Waals surface area contributed by atoms with Gasteiger partial charge in [-0.25, -0.2) is 0 Å². The highest BCUT2D eigenvalue weighted by molar-refractivity contribution is 6.32. The third-order valence-electron chi connectivity index (χ3n) is 2.70. The average molecular weight is 305 g/mol. The van der Waals surface area contributed by atoms with Crippen molar-refractivity contribution in [2.75, 3.05) is 0 Å². The van der Waals surface area contributed by atoms with Crippen molar-refractivity contribution in [3.8, 4) is 11.4 Å². The van der Waals surface area contributed by atoms with Crippen LogP contribution in [0.1, 0.15) is 11.1 Å². The summed E-state index contributed by atoms with van der Waals surface area (Å²) in [5, 5.41) is 13.0. The lowest BCUT2D eigenvalue weighted by molar-refractivity contribution is -0.138. The maximum Gasteiger partial charge on any atom is 0.418 e. The van der Waals surface area contributed by atoms with E-state index >= 15 is 0 Å². The van der Waals surface area contributed by atoms with E-state index in [-0.39, 0.29) is 16.5 Å². The van der Waals surface area contributed by atoms with E-state index in [1.54, 1.807) is 0 Å². The Bertz CT molecular complexity index is 726. The molecule has 0 aliphatic rings. The molecule has 0 fully saturated rings. The summed E-state index contributed by atoms with van der Waals surface area (Å²) < 4.78 is 38.7. The average Bonchev–Trinajstić information content (AvgIpc) is 2.34. The quantitative estimate of drug-likeness (QED) is 0.881. The van der Waals surface area contributed by atoms with Crippen molar-refractivity contribution >= 4 is 11.6 Å². The topological polar surface area (TPSA) is 55.1 Å². The molecule has 106 valence electrons. The van der Waals surface area contributed by atoms with Gasteiger partial charge in [-0.15, -0.1) is 0 Å². The number of hydrogen-bond donors (Lipinski definition) is 1. The molecule has 0 aliphatic carbocycles. The lowest BCUT2D eigenvalue weighted by Crippen LogP contribution is -2.27. The summed E-state index contributed by atoms with van der Waals surface area (Å²) in [6, 6.07) is 3.82. The summed E-state index contributed by atoms with van der Waals surface area (Å²) in [5.41, 5.74) is -2.35. The number of hydrogen-bond acceptors (Lipinski definition) is 3. The summed E-state index contributed by atoms with van der Waals surface area (Å²) in [4.78, 5) is 11.9. The maximum atomic E-state index is 12.6. The summed E-state index contributed by atoms with van der Waals surface area (Å²) >= 11 is 5.62. The van der Waals surface area contributed by atoms with Gasteiger partial charge in [-0.1, -0.05) is 11.6 Å². The van der Waals surface area contributed by atoms with E-state index in [1.165, 1.54) is 12.1 Å². The number of benzene rings is 1. The van der Waals surface area contributed by atoms with Crippen molar-refractivity contribution in [3.05, 3.63) is 50.9 Å². The second-order valence-corrected chi connectivity index (χ2v) is 4.44. The van der Waals surface area contributed by atoms with Crippen LogP contribution in [-0.4, -0.2) is 14.9 Å². The minimum absolute atomic E-state index is 0.0606. The van der Waals surface area contributed by atoms with Crippen molar-refractivity contribution in [1.82, 2.24) is 9.78 Å². The fourth-order valence-corrected chi connectivity index (χ4v) is 1.76. The van der Waals surface area contributed by atoms with Crippen LogP contribution >= 0.6 is 11.6 Å². The fourth-order valence-electron chi connectivity index (χ4n) is 1.64. The Morgan fingerprint density at radius 1 is 1.35 bits per heavy atom. The highest BCUT2D eigenvalue weighted by atomic mass is 35.5. The van der Waals surface area contributed by atoms with Crippen LogP contribution in [0.3, 0.4) is 0 Å². The maximum absolute atomic E-state index is 12.6. The largest absolute Gasteiger partial charge is 0.506 e. The van der Waals surface area contributed by atoms with Gasteiger partial charge in [-0.05, 0) is 19.1 Å². The minimum atomic E-state index is -4.64. The molecule has 0 saturated heterocycles. The minimum Gasteiger partial charge on any atom is -0.506 e. The lowest BCUT2D eigenvalue weighted by Gasteiger charge is -2.12. The smallest absolute Gasteiger partial charge is 0.418 e. The van der Waals surface area contributed by atoms with E-state index in [1.807, 2.05) is 0 Å². The highest BCUT2D eigenvalue weighted by Gasteiger charge is 2.34. The number of phenolic OH excluding ortho intramolecular Hbond substituents is 1. The summed E-state index contributed by atoms with van der Waals surface area (Å²) in [7, 11) is 0. The Hall–Kier alpha value is -2.02. The third-order valence-corrected chi connectivity index (χ3v) is 3.02. The predicted octanol–water partition coefficient (Wildman–Crippen LogP) is 2.92. The molecule has 0 spiro atoms. The van der Waals surface area contributed by atoms with Crippen molar-refractivity contribution in [1.29, 1.82) is 0 Å². The first kappa shape index (κ1) is 14.4. The van der Waals surface area contributed by atoms with Crippen molar-refractivity contribution in [2.45, 2.75) is 13.1 Å². The fraction of sp³-hybridized carbons (Fsp3) is 0.167. The second-order valence-electron chi connectivity index (χ2n) is 4.03. The van der Waals surface area contributed by atoms with E-state index in [4.69, 9.17) is 11.6 Å². The van der Waals surface area contributed by atoms with Gasteiger partial charge in [-0.3, -0.25) is 4.79 Å². The van der Waals surface area contributed by atoms with Gasteiger partial charge in [-0.2, -0.15) is 23.0 Å². The van der Waals surface area contributed by atoms with Crippen LogP contribution in [0.15, 0.2) is 29.2 Å². The van der Waals surface area contributed by atoms with E-state index < -0.39 is 22.9 Å². The number of phenols is 1. The highest BCUT2D eigenvalue weighted by Crippen LogP contribution is 2.30. The molecule has 0 saturated carbocycles. The zero-order chi connectivity index (χ0) is 15.1. The molecule has 2 rings (SSSR count). The Balaban J connectivity index is 2.63. The van der Waals surface area contributed by atoms with Gasteiger partial charge in [0.05, 0.1) is 22.5 Å². The van der Waals surface area contributed by atoms with Crippen LogP contribution in [0.4, 0.5) is 13.2 Å². The van der Waals surface area contributed by atoms with Crippen LogP contribution < -0.4 is 5.56 Å². The molecule has 1 N–H and O–H groups in total. The van der Waals surface area contributed by atoms with Gasteiger partial charge in [0.15, 0.2) is 0 Å². The number of aromatic hydroxyl groups is 1. The van der Waals surface area contributed by atoms with E-state index in [2.05, 4.69) is 5.10 Å².